The highest BCUT2D eigenvalue weighted by molar-refractivity contribution is 7.13. The average molecular weight is 443 g/mol. The van der Waals surface area contributed by atoms with Crippen molar-refractivity contribution in [2.45, 2.75) is 20.4 Å². The quantitative estimate of drug-likeness (QED) is 0.528. The Morgan fingerprint density at radius 2 is 1.87 bits per heavy atom. The Morgan fingerprint density at radius 3 is 2.58 bits per heavy atom. The van der Waals surface area contributed by atoms with Gasteiger partial charge in [-0.05, 0) is 43.5 Å². The highest BCUT2D eigenvalue weighted by atomic mass is 32.1. The van der Waals surface area contributed by atoms with Crippen molar-refractivity contribution in [2.24, 2.45) is 0 Å². The molecule has 31 heavy (non-hydrogen) atoms. The van der Waals surface area contributed by atoms with Crippen molar-refractivity contribution in [3.8, 4) is 22.2 Å². The molecule has 1 aliphatic rings. The average Bonchev–Trinajstić information content (AvgIpc) is 3.47. The fraction of sp³-hybridized carbons (Fsp3) is 0.409. The van der Waals surface area contributed by atoms with Gasteiger partial charge in [-0.25, -0.2) is 0 Å². The van der Waals surface area contributed by atoms with Crippen molar-refractivity contribution < 1.29 is 18.8 Å². The number of carbonyl (C=O) groups excluding carboxylic acids is 1. The zero-order valence-electron chi connectivity index (χ0n) is 17.7. The predicted molar refractivity (Wildman–Crippen MR) is 118 cm³/mol. The maximum absolute atomic E-state index is 13.0. The number of aromatic nitrogens is 2. The van der Waals surface area contributed by atoms with Gasteiger partial charge in [-0.3, -0.25) is 9.69 Å². The zero-order valence-corrected chi connectivity index (χ0v) is 18.6. The molecule has 1 amide bonds. The maximum atomic E-state index is 13.0. The topological polar surface area (TPSA) is 80.9 Å². The number of rotatable bonds is 8. The van der Waals surface area contributed by atoms with Gasteiger partial charge in [0.1, 0.15) is 0 Å². The molecule has 1 fully saturated rings. The lowest BCUT2D eigenvalue weighted by Gasteiger charge is -2.34. The molecule has 0 saturated carbocycles. The number of hydrogen-bond donors (Lipinski definition) is 0. The van der Waals surface area contributed by atoms with E-state index in [0.29, 0.717) is 61.6 Å². The number of hydrogen-bond acceptors (Lipinski definition) is 8. The summed E-state index contributed by atoms with van der Waals surface area (Å²) in [5, 5.41) is 6.05. The van der Waals surface area contributed by atoms with Crippen LogP contribution in [-0.4, -0.2) is 65.2 Å². The van der Waals surface area contributed by atoms with Crippen LogP contribution in [-0.2, 0) is 6.54 Å². The van der Waals surface area contributed by atoms with Crippen molar-refractivity contribution >= 4 is 17.2 Å². The van der Waals surface area contributed by atoms with Gasteiger partial charge in [0, 0.05) is 31.7 Å². The van der Waals surface area contributed by atoms with Crippen molar-refractivity contribution in [3.05, 3.63) is 47.2 Å². The van der Waals surface area contributed by atoms with Crippen LogP contribution in [0.4, 0.5) is 0 Å². The van der Waals surface area contributed by atoms with Crippen LogP contribution in [0.5, 0.6) is 11.5 Å². The van der Waals surface area contributed by atoms with Crippen molar-refractivity contribution in [3.63, 3.8) is 0 Å². The summed E-state index contributed by atoms with van der Waals surface area (Å²) < 4.78 is 16.6. The molecule has 0 atom stereocenters. The molecule has 164 valence electrons. The third-order valence-corrected chi connectivity index (χ3v) is 5.88. The monoisotopic (exact) mass is 442 g/mol. The van der Waals surface area contributed by atoms with Gasteiger partial charge in [0.2, 0.25) is 11.7 Å². The molecular weight excluding hydrogens is 416 g/mol. The van der Waals surface area contributed by atoms with Gasteiger partial charge in [-0.15, -0.1) is 11.3 Å². The molecule has 0 aliphatic carbocycles. The molecule has 1 aromatic carbocycles. The number of ether oxygens (including phenoxy) is 2. The minimum absolute atomic E-state index is 0.00132. The van der Waals surface area contributed by atoms with Crippen LogP contribution < -0.4 is 9.47 Å². The lowest BCUT2D eigenvalue weighted by molar-refractivity contribution is 0.0614. The molecule has 3 heterocycles. The van der Waals surface area contributed by atoms with Crippen LogP contribution in [0, 0.1) is 0 Å². The second kappa shape index (κ2) is 9.93. The van der Waals surface area contributed by atoms with Gasteiger partial charge >= 0.3 is 0 Å². The van der Waals surface area contributed by atoms with E-state index in [1.165, 1.54) is 0 Å². The number of thiophene rings is 1. The summed E-state index contributed by atoms with van der Waals surface area (Å²) in [6.45, 7) is 8.25. The molecule has 0 bridgehead atoms. The number of amides is 1. The number of carbonyl (C=O) groups is 1. The lowest BCUT2D eigenvalue weighted by Crippen LogP contribution is -2.48. The van der Waals surface area contributed by atoms with Crippen LogP contribution in [0.1, 0.15) is 30.1 Å². The lowest BCUT2D eigenvalue weighted by atomic mass is 10.1. The first-order valence-corrected chi connectivity index (χ1v) is 11.3. The molecule has 8 nitrogen and oxygen atoms in total. The first-order valence-electron chi connectivity index (χ1n) is 10.5. The maximum Gasteiger partial charge on any atom is 0.254 e. The van der Waals surface area contributed by atoms with Crippen LogP contribution in [0.2, 0.25) is 0 Å². The fourth-order valence-electron chi connectivity index (χ4n) is 3.49. The number of benzene rings is 1. The highest BCUT2D eigenvalue weighted by Crippen LogP contribution is 2.29. The Labute approximate surface area is 185 Å². The Bertz CT molecular complexity index is 997. The highest BCUT2D eigenvalue weighted by Gasteiger charge is 2.24. The Kier molecular flexibility index (Phi) is 6.83. The summed E-state index contributed by atoms with van der Waals surface area (Å²) in [6.07, 6.45) is 0. The van der Waals surface area contributed by atoms with Crippen molar-refractivity contribution in [1.82, 2.24) is 19.9 Å². The summed E-state index contributed by atoms with van der Waals surface area (Å²) in [6, 6.07) is 9.31. The largest absolute Gasteiger partial charge is 0.490 e. The molecule has 1 aliphatic heterocycles. The SMILES string of the molecule is CCOc1ccc(C(=O)N2CCN(Cc3nc(-c4cccs4)no3)CC2)cc1OCC. The van der Waals surface area contributed by atoms with E-state index in [1.807, 2.05) is 36.3 Å². The molecule has 0 unspecified atom stereocenters. The van der Waals surface area contributed by atoms with Gasteiger partial charge in [-0.2, -0.15) is 4.98 Å². The van der Waals surface area contributed by atoms with Crippen molar-refractivity contribution in [2.75, 3.05) is 39.4 Å². The minimum Gasteiger partial charge on any atom is -0.490 e. The van der Waals surface area contributed by atoms with Crippen LogP contribution in [0.15, 0.2) is 40.2 Å². The van der Waals surface area contributed by atoms with E-state index >= 15 is 0 Å². The molecule has 0 spiro atoms. The van der Waals surface area contributed by atoms with E-state index in [-0.39, 0.29) is 5.91 Å². The third kappa shape index (κ3) is 5.05. The van der Waals surface area contributed by atoms with Crippen molar-refractivity contribution in [1.29, 1.82) is 0 Å². The van der Waals surface area contributed by atoms with Crippen LogP contribution in [0.25, 0.3) is 10.7 Å². The van der Waals surface area contributed by atoms with Gasteiger partial charge in [0.05, 0.1) is 24.6 Å². The minimum atomic E-state index is 0.00132. The van der Waals surface area contributed by atoms with E-state index in [4.69, 9.17) is 14.0 Å². The summed E-state index contributed by atoms with van der Waals surface area (Å²) in [4.78, 5) is 22.6. The van der Waals surface area contributed by atoms with E-state index in [9.17, 15) is 4.79 Å². The Balaban J connectivity index is 1.34. The smallest absolute Gasteiger partial charge is 0.254 e. The molecule has 2 aromatic heterocycles. The summed E-state index contributed by atoms with van der Waals surface area (Å²) in [5.41, 5.74) is 0.609. The van der Waals surface area contributed by atoms with Gasteiger partial charge in [0.25, 0.3) is 5.91 Å². The van der Waals surface area contributed by atoms with Crippen LogP contribution in [0.3, 0.4) is 0 Å². The molecule has 3 aromatic rings. The molecule has 9 heteroatoms. The van der Waals surface area contributed by atoms with Gasteiger partial charge in [0.15, 0.2) is 11.5 Å². The number of piperazine rings is 1. The predicted octanol–water partition coefficient (Wildman–Crippen LogP) is 3.55. The standard InChI is InChI=1S/C22H26N4O4S/c1-3-28-17-8-7-16(14-18(17)29-4-2)22(27)26-11-9-25(10-12-26)15-20-23-21(24-30-20)19-6-5-13-31-19/h5-8,13-14H,3-4,9-12,15H2,1-2H3. The van der Waals surface area contributed by atoms with Gasteiger partial charge in [-0.1, -0.05) is 11.2 Å². The fourth-order valence-corrected chi connectivity index (χ4v) is 4.14. The van der Waals surface area contributed by atoms with E-state index in [1.54, 1.807) is 29.5 Å². The third-order valence-electron chi connectivity index (χ3n) is 5.02. The Hall–Kier alpha value is -2.91. The summed E-state index contributed by atoms with van der Waals surface area (Å²) in [5.74, 6) is 2.48. The summed E-state index contributed by atoms with van der Waals surface area (Å²) in [7, 11) is 0. The van der Waals surface area contributed by atoms with Crippen LogP contribution >= 0.6 is 11.3 Å². The van der Waals surface area contributed by atoms with E-state index in [2.05, 4.69) is 15.0 Å². The Morgan fingerprint density at radius 1 is 1.10 bits per heavy atom. The van der Waals surface area contributed by atoms with E-state index in [0.717, 1.165) is 18.0 Å². The number of nitrogens with zero attached hydrogens (tertiary/aromatic N) is 4. The molecule has 1 saturated heterocycles. The molecule has 0 N–H and O–H groups in total. The molecule has 4 rings (SSSR count). The normalized spacial score (nSPS) is 14.6. The second-order valence-corrected chi connectivity index (χ2v) is 8.03. The van der Waals surface area contributed by atoms with E-state index < -0.39 is 0 Å². The molecule has 0 radical (unpaired) electrons. The second-order valence-electron chi connectivity index (χ2n) is 7.08. The first-order chi connectivity index (χ1) is 15.2. The molecular formula is C22H26N4O4S. The van der Waals surface area contributed by atoms with Gasteiger partial charge < -0.3 is 18.9 Å². The zero-order chi connectivity index (χ0) is 21.6. The summed E-state index contributed by atoms with van der Waals surface area (Å²) >= 11 is 1.58. The first kappa shape index (κ1) is 21.3.